The van der Waals surface area contributed by atoms with E-state index in [2.05, 4.69) is 15.3 Å². The lowest BCUT2D eigenvalue weighted by Crippen LogP contribution is -2.50. The van der Waals surface area contributed by atoms with Gasteiger partial charge in [0.2, 0.25) is 10.0 Å². The number of carbonyl (C=O) groups excluding carboxylic acids is 1. The number of pyridine rings is 1. The van der Waals surface area contributed by atoms with Gasteiger partial charge in [-0.25, -0.2) is 22.1 Å². The molecule has 11 heteroatoms. The van der Waals surface area contributed by atoms with E-state index in [4.69, 9.17) is 11.0 Å². The molecule has 3 N–H and O–H groups in total. The molecule has 1 aliphatic heterocycles. The van der Waals surface area contributed by atoms with E-state index in [1.54, 1.807) is 6.92 Å². The summed E-state index contributed by atoms with van der Waals surface area (Å²) in [6.07, 6.45) is 1.27. The van der Waals surface area contributed by atoms with E-state index in [9.17, 15) is 17.6 Å². The standard InChI is InChI=1S/C21H23FN6O3S/c1-20(2)19(24)27-21(3,12-28(4)32(20,30)31)15-9-14(6-7-16(15)22)26-18(29)17-8-5-13(10-23)11-25-17/h5-9,11H,12H2,1-4H3,(H2,24,27)(H,26,29)/t21-/m0/s1. The number of likely N-dealkylation sites (N-methyl/N-ethyl adjacent to an activating group) is 1. The van der Waals surface area contributed by atoms with E-state index in [-0.39, 0.29) is 29.3 Å². The van der Waals surface area contributed by atoms with Gasteiger partial charge in [0.05, 0.1) is 5.56 Å². The number of hydrogen-bond donors (Lipinski definition) is 2. The lowest BCUT2D eigenvalue weighted by atomic mass is 9.91. The van der Waals surface area contributed by atoms with Crippen LogP contribution in [0.25, 0.3) is 0 Å². The first-order valence-corrected chi connectivity index (χ1v) is 11.0. The number of amidine groups is 1. The number of halogens is 1. The second-order valence-corrected chi connectivity index (χ2v) is 10.8. The van der Waals surface area contributed by atoms with Gasteiger partial charge >= 0.3 is 0 Å². The molecular weight excluding hydrogens is 435 g/mol. The minimum atomic E-state index is -3.83. The number of carbonyl (C=O) groups is 1. The first-order chi connectivity index (χ1) is 14.8. The molecule has 3 rings (SSSR count). The summed E-state index contributed by atoms with van der Waals surface area (Å²) in [5, 5.41) is 11.5. The summed E-state index contributed by atoms with van der Waals surface area (Å²) < 4.78 is 40.3. The fourth-order valence-electron chi connectivity index (χ4n) is 3.43. The molecule has 1 aliphatic rings. The first kappa shape index (κ1) is 23.3. The molecule has 1 amide bonds. The Morgan fingerprint density at radius 1 is 1.28 bits per heavy atom. The zero-order valence-electron chi connectivity index (χ0n) is 18.0. The quantitative estimate of drug-likeness (QED) is 0.720. The SMILES string of the molecule is CN1C[C@@](C)(c2cc(NC(=O)c3ccc(C#N)cn3)ccc2F)N=C(N)C(C)(C)S1(=O)=O. The van der Waals surface area contributed by atoms with Crippen molar-refractivity contribution in [1.29, 1.82) is 5.26 Å². The zero-order chi connectivity index (χ0) is 23.9. The molecule has 1 aromatic heterocycles. The lowest BCUT2D eigenvalue weighted by molar-refractivity contribution is 0.102. The van der Waals surface area contributed by atoms with Gasteiger partial charge in [-0.1, -0.05) is 0 Å². The molecule has 0 bridgehead atoms. The summed E-state index contributed by atoms with van der Waals surface area (Å²) in [6, 6.07) is 8.71. The Balaban J connectivity index is 2.00. The summed E-state index contributed by atoms with van der Waals surface area (Å²) in [5.41, 5.74) is 5.44. The van der Waals surface area contributed by atoms with Crippen molar-refractivity contribution in [2.24, 2.45) is 10.7 Å². The monoisotopic (exact) mass is 458 g/mol. The van der Waals surface area contributed by atoms with Crippen LogP contribution in [0.15, 0.2) is 41.5 Å². The van der Waals surface area contributed by atoms with Gasteiger partial charge in [-0.15, -0.1) is 0 Å². The van der Waals surface area contributed by atoms with Crippen molar-refractivity contribution in [3.8, 4) is 6.07 Å². The average Bonchev–Trinajstić information content (AvgIpc) is 2.78. The second-order valence-electron chi connectivity index (χ2n) is 8.23. The molecule has 168 valence electrons. The number of nitriles is 1. The van der Waals surface area contributed by atoms with Crippen LogP contribution < -0.4 is 11.1 Å². The van der Waals surface area contributed by atoms with Crippen LogP contribution in [0, 0.1) is 17.1 Å². The predicted octanol–water partition coefficient (Wildman–Crippen LogP) is 1.97. The maximum Gasteiger partial charge on any atom is 0.274 e. The van der Waals surface area contributed by atoms with Crippen molar-refractivity contribution in [1.82, 2.24) is 9.29 Å². The molecule has 0 aliphatic carbocycles. The summed E-state index contributed by atoms with van der Waals surface area (Å²) in [6.45, 7) is 4.33. The van der Waals surface area contributed by atoms with Gasteiger partial charge in [-0.2, -0.15) is 5.26 Å². The fourth-order valence-corrected chi connectivity index (χ4v) is 4.94. The molecular formula is C21H23FN6O3S. The van der Waals surface area contributed by atoms with Crippen molar-refractivity contribution in [3.05, 3.63) is 59.2 Å². The number of rotatable bonds is 3. The topological polar surface area (TPSA) is 142 Å². The van der Waals surface area contributed by atoms with Crippen LogP contribution in [-0.4, -0.2) is 47.8 Å². The van der Waals surface area contributed by atoms with Crippen molar-refractivity contribution < 1.29 is 17.6 Å². The van der Waals surface area contributed by atoms with Gasteiger partial charge in [0.1, 0.15) is 33.7 Å². The third-order valence-electron chi connectivity index (χ3n) is 5.50. The van der Waals surface area contributed by atoms with Crippen LogP contribution in [0.3, 0.4) is 0 Å². The highest BCUT2D eigenvalue weighted by atomic mass is 32.2. The lowest BCUT2D eigenvalue weighted by Gasteiger charge is -2.29. The normalized spacial score (nSPS) is 22.3. The number of anilines is 1. The molecule has 0 spiro atoms. The summed E-state index contributed by atoms with van der Waals surface area (Å²) in [7, 11) is -2.44. The summed E-state index contributed by atoms with van der Waals surface area (Å²) in [5.74, 6) is -1.31. The molecule has 1 aromatic carbocycles. The van der Waals surface area contributed by atoms with Crippen LogP contribution in [0.5, 0.6) is 0 Å². The Hall–Kier alpha value is -3.36. The highest BCUT2D eigenvalue weighted by molar-refractivity contribution is 7.91. The Kier molecular flexibility index (Phi) is 5.80. The van der Waals surface area contributed by atoms with E-state index in [1.165, 1.54) is 57.4 Å². The van der Waals surface area contributed by atoms with Crippen molar-refractivity contribution in [2.45, 2.75) is 31.1 Å². The number of nitrogens with zero attached hydrogens (tertiary/aromatic N) is 4. The minimum absolute atomic E-state index is 0.0744. The third kappa shape index (κ3) is 3.94. The molecule has 0 saturated heterocycles. The highest BCUT2D eigenvalue weighted by Crippen LogP contribution is 2.36. The van der Waals surface area contributed by atoms with E-state index in [0.717, 1.165) is 4.31 Å². The first-order valence-electron chi connectivity index (χ1n) is 9.61. The highest BCUT2D eigenvalue weighted by Gasteiger charge is 2.48. The Labute approximate surface area is 185 Å². The van der Waals surface area contributed by atoms with Gasteiger partial charge in [0.15, 0.2) is 0 Å². The zero-order valence-corrected chi connectivity index (χ0v) is 18.9. The maximum atomic E-state index is 14.9. The minimum Gasteiger partial charge on any atom is -0.386 e. The molecule has 2 heterocycles. The number of aromatic nitrogens is 1. The summed E-state index contributed by atoms with van der Waals surface area (Å²) >= 11 is 0. The van der Waals surface area contributed by atoms with Gasteiger partial charge in [0.25, 0.3) is 5.91 Å². The molecule has 32 heavy (non-hydrogen) atoms. The molecule has 0 unspecified atom stereocenters. The summed E-state index contributed by atoms with van der Waals surface area (Å²) in [4.78, 5) is 20.9. The average molecular weight is 459 g/mol. The second kappa shape index (κ2) is 7.96. The largest absolute Gasteiger partial charge is 0.386 e. The molecule has 9 nitrogen and oxygen atoms in total. The number of amides is 1. The van der Waals surface area contributed by atoms with Crippen LogP contribution in [0.1, 0.15) is 42.4 Å². The number of hydrogen-bond acceptors (Lipinski definition) is 7. The van der Waals surface area contributed by atoms with Gasteiger partial charge in [-0.05, 0) is 51.1 Å². The van der Waals surface area contributed by atoms with E-state index < -0.39 is 32.0 Å². The molecule has 0 radical (unpaired) electrons. The third-order valence-corrected chi connectivity index (χ3v) is 7.95. The Bertz CT molecular complexity index is 1250. The number of nitrogens with two attached hydrogens (primary N) is 1. The van der Waals surface area contributed by atoms with E-state index >= 15 is 0 Å². The Morgan fingerprint density at radius 3 is 2.56 bits per heavy atom. The fraction of sp³-hybridized carbons (Fsp3) is 0.333. The predicted molar refractivity (Wildman–Crippen MR) is 118 cm³/mol. The van der Waals surface area contributed by atoms with E-state index in [1.807, 2.05) is 6.07 Å². The van der Waals surface area contributed by atoms with Crippen molar-refractivity contribution in [2.75, 3.05) is 18.9 Å². The van der Waals surface area contributed by atoms with Crippen molar-refractivity contribution >= 4 is 27.5 Å². The van der Waals surface area contributed by atoms with Crippen LogP contribution in [0.2, 0.25) is 0 Å². The van der Waals surface area contributed by atoms with Crippen LogP contribution >= 0.6 is 0 Å². The number of sulfonamides is 1. The van der Waals surface area contributed by atoms with E-state index in [0.29, 0.717) is 5.56 Å². The van der Waals surface area contributed by atoms with Crippen LogP contribution in [0.4, 0.5) is 10.1 Å². The molecule has 2 aromatic rings. The number of aliphatic imine (C=N–C) groups is 1. The van der Waals surface area contributed by atoms with Gasteiger partial charge in [-0.3, -0.25) is 9.79 Å². The molecule has 1 atom stereocenters. The van der Waals surface area contributed by atoms with Gasteiger partial charge in [0, 0.05) is 31.0 Å². The molecule has 0 fully saturated rings. The number of nitrogens with one attached hydrogen (secondary N) is 1. The maximum absolute atomic E-state index is 14.9. The number of benzene rings is 1. The van der Waals surface area contributed by atoms with Crippen LogP contribution in [-0.2, 0) is 15.6 Å². The Morgan fingerprint density at radius 2 is 1.97 bits per heavy atom. The van der Waals surface area contributed by atoms with Crippen molar-refractivity contribution in [3.63, 3.8) is 0 Å². The van der Waals surface area contributed by atoms with Gasteiger partial charge < -0.3 is 11.1 Å². The molecule has 0 saturated carbocycles. The smallest absolute Gasteiger partial charge is 0.274 e.